The Morgan fingerprint density at radius 2 is 1.67 bits per heavy atom. The van der Waals surface area contributed by atoms with E-state index >= 15 is 0 Å². The maximum atomic E-state index is 5.52. The number of nitrogens with one attached hydrogen (secondary N) is 1. The Balaban J connectivity index is 2.51. The Hall–Kier alpha value is -2.00. The van der Waals surface area contributed by atoms with Gasteiger partial charge in [0.2, 0.25) is 0 Å². The van der Waals surface area contributed by atoms with Crippen LogP contribution in [0.15, 0.2) is 36.4 Å². The van der Waals surface area contributed by atoms with Crippen molar-refractivity contribution in [1.82, 2.24) is 5.32 Å². The third-order valence-electron chi connectivity index (χ3n) is 3.77. The van der Waals surface area contributed by atoms with Crippen molar-refractivity contribution in [3.8, 4) is 11.5 Å². The molecule has 0 aliphatic carbocycles. The molecule has 21 heavy (non-hydrogen) atoms. The molecule has 0 radical (unpaired) electrons. The van der Waals surface area contributed by atoms with Crippen LogP contribution >= 0.6 is 0 Å². The second-order valence-corrected chi connectivity index (χ2v) is 5.19. The topological polar surface area (TPSA) is 30.5 Å². The molecule has 0 bridgehead atoms. The molecule has 2 aromatic rings. The molecular formula is C18H23NO2. The van der Waals surface area contributed by atoms with E-state index in [4.69, 9.17) is 9.47 Å². The molecule has 0 spiro atoms. The van der Waals surface area contributed by atoms with Gasteiger partial charge in [-0.05, 0) is 50.2 Å². The average Bonchev–Trinajstić information content (AvgIpc) is 2.49. The molecule has 0 heterocycles. The van der Waals surface area contributed by atoms with Gasteiger partial charge < -0.3 is 14.8 Å². The first-order chi connectivity index (χ1) is 10.1. The lowest BCUT2D eigenvalue weighted by Gasteiger charge is -2.22. The Bertz CT molecular complexity index is 623. The number of benzene rings is 2. The summed E-state index contributed by atoms with van der Waals surface area (Å²) in [6.07, 6.45) is 0. The quantitative estimate of drug-likeness (QED) is 0.910. The molecule has 2 aromatic carbocycles. The summed E-state index contributed by atoms with van der Waals surface area (Å²) in [6, 6.07) is 12.5. The fourth-order valence-corrected chi connectivity index (χ4v) is 2.66. The van der Waals surface area contributed by atoms with Crippen LogP contribution in [0.25, 0.3) is 0 Å². The smallest absolute Gasteiger partial charge is 0.123 e. The highest BCUT2D eigenvalue weighted by Gasteiger charge is 2.18. The van der Waals surface area contributed by atoms with Gasteiger partial charge >= 0.3 is 0 Å². The standard InChI is InChI=1S/C18H23NO2/c1-12-6-9-17(21-5)16(10-12)18(19-3)15-8-7-14(20-4)11-13(15)2/h6-11,18-19H,1-5H3. The van der Waals surface area contributed by atoms with E-state index in [1.54, 1.807) is 14.2 Å². The SMILES string of the molecule is CNC(c1ccc(OC)cc1C)c1cc(C)ccc1OC. The van der Waals surface area contributed by atoms with Crippen LogP contribution in [0, 0.1) is 13.8 Å². The number of hydrogen-bond donors (Lipinski definition) is 1. The Labute approximate surface area is 126 Å². The van der Waals surface area contributed by atoms with Gasteiger partial charge in [0.15, 0.2) is 0 Å². The van der Waals surface area contributed by atoms with Crippen LogP contribution in [-0.2, 0) is 0 Å². The maximum absolute atomic E-state index is 5.52. The van der Waals surface area contributed by atoms with Crippen LogP contribution in [0.3, 0.4) is 0 Å². The lowest BCUT2D eigenvalue weighted by molar-refractivity contribution is 0.405. The zero-order valence-electron chi connectivity index (χ0n) is 13.4. The van der Waals surface area contributed by atoms with Crippen molar-refractivity contribution in [3.63, 3.8) is 0 Å². The molecule has 0 saturated heterocycles. The summed E-state index contributed by atoms with van der Waals surface area (Å²) in [7, 11) is 5.37. The maximum Gasteiger partial charge on any atom is 0.123 e. The minimum absolute atomic E-state index is 0.0887. The summed E-state index contributed by atoms with van der Waals surface area (Å²) in [4.78, 5) is 0. The van der Waals surface area contributed by atoms with E-state index in [1.165, 1.54) is 16.7 Å². The van der Waals surface area contributed by atoms with Gasteiger partial charge in [-0.3, -0.25) is 0 Å². The lowest BCUT2D eigenvalue weighted by atomic mass is 9.93. The van der Waals surface area contributed by atoms with Crippen molar-refractivity contribution in [2.45, 2.75) is 19.9 Å². The summed E-state index contributed by atoms with van der Waals surface area (Å²) < 4.78 is 10.8. The first kappa shape index (κ1) is 15.4. The normalized spacial score (nSPS) is 12.0. The van der Waals surface area contributed by atoms with Crippen molar-refractivity contribution in [2.24, 2.45) is 0 Å². The first-order valence-electron chi connectivity index (χ1n) is 7.07. The molecule has 112 valence electrons. The highest BCUT2D eigenvalue weighted by molar-refractivity contribution is 5.47. The summed E-state index contributed by atoms with van der Waals surface area (Å²) in [5.41, 5.74) is 4.78. The molecule has 0 fully saturated rings. The first-order valence-corrected chi connectivity index (χ1v) is 7.07. The number of ether oxygens (including phenoxy) is 2. The third kappa shape index (κ3) is 3.19. The molecule has 1 atom stereocenters. The number of aryl methyl sites for hydroxylation is 2. The van der Waals surface area contributed by atoms with Gasteiger partial charge in [-0.1, -0.05) is 23.8 Å². The molecule has 1 N–H and O–H groups in total. The monoisotopic (exact) mass is 285 g/mol. The zero-order valence-corrected chi connectivity index (χ0v) is 13.4. The molecule has 0 aromatic heterocycles. The van der Waals surface area contributed by atoms with Gasteiger partial charge in [0.05, 0.1) is 20.3 Å². The van der Waals surface area contributed by atoms with Crippen molar-refractivity contribution < 1.29 is 9.47 Å². The van der Waals surface area contributed by atoms with E-state index < -0.39 is 0 Å². The van der Waals surface area contributed by atoms with Crippen molar-refractivity contribution in [2.75, 3.05) is 21.3 Å². The molecule has 0 amide bonds. The van der Waals surface area contributed by atoms with E-state index in [2.05, 4.69) is 43.4 Å². The van der Waals surface area contributed by atoms with Crippen LogP contribution < -0.4 is 14.8 Å². The Morgan fingerprint density at radius 3 is 2.24 bits per heavy atom. The minimum Gasteiger partial charge on any atom is -0.497 e. The van der Waals surface area contributed by atoms with Gasteiger partial charge in [-0.2, -0.15) is 0 Å². The third-order valence-corrected chi connectivity index (χ3v) is 3.77. The second kappa shape index (κ2) is 6.64. The molecule has 0 aliphatic heterocycles. The number of methoxy groups -OCH3 is 2. The van der Waals surface area contributed by atoms with Crippen LogP contribution in [-0.4, -0.2) is 21.3 Å². The van der Waals surface area contributed by atoms with Gasteiger partial charge in [0, 0.05) is 5.56 Å². The van der Waals surface area contributed by atoms with Gasteiger partial charge in [-0.25, -0.2) is 0 Å². The molecule has 2 rings (SSSR count). The van der Waals surface area contributed by atoms with Crippen molar-refractivity contribution >= 4 is 0 Å². The molecular weight excluding hydrogens is 262 g/mol. The zero-order chi connectivity index (χ0) is 15.4. The molecule has 0 saturated carbocycles. The number of hydrogen-bond acceptors (Lipinski definition) is 3. The van der Waals surface area contributed by atoms with Crippen molar-refractivity contribution in [1.29, 1.82) is 0 Å². The van der Waals surface area contributed by atoms with Crippen LogP contribution in [0.5, 0.6) is 11.5 Å². The molecule has 3 nitrogen and oxygen atoms in total. The van der Waals surface area contributed by atoms with Gasteiger partial charge in [0.1, 0.15) is 11.5 Å². The summed E-state index contributed by atoms with van der Waals surface area (Å²) in [5, 5.41) is 3.39. The highest BCUT2D eigenvalue weighted by atomic mass is 16.5. The van der Waals surface area contributed by atoms with E-state index in [9.17, 15) is 0 Å². The van der Waals surface area contributed by atoms with E-state index in [1.807, 2.05) is 19.2 Å². The lowest BCUT2D eigenvalue weighted by Crippen LogP contribution is -2.19. The van der Waals surface area contributed by atoms with E-state index in [0.29, 0.717) is 0 Å². The Morgan fingerprint density at radius 1 is 0.905 bits per heavy atom. The van der Waals surface area contributed by atoms with E-state index in [-0.39, 0.29) is 6.04 Å². The van der Waals surface area contributed by atoms with Gasteiger partial charge in [0.25, 0.3) is 0 Å². The minimum atomic E-state index is 0.0887. The largest absolute Gasteiger partial charge is 0.497 e. The van der Waals surface area contributed by atoms with Crippen molar-refractivity contribution in [3.05, 3.63) is 58.7 Å². The molecule has 3 heteroatoms. The Kier molecular flexibility index (Phi) is 4.86. The summed E-state index contributed by atoms with van der Waals surface area (Å²) >= 11 is 0. The predicted molar refractivity (Wildman–Crippen MR) is 86.4 cm³/mol. The highest BCUT2D eigenvalue weighted by Crippen LogP contribution is 2.33. The fourth-order valence-electron chi connectivity index (χ4n) is 2.66. The summed E-state index contributed by atoms with van der Waals surface area (Å²) in [5.74, 6) is 1.78. The van der Waals surface area contributed by atoms with Crippen LogP contribution in [0.1, 0.15) is 28.3 Å². The van der Waals surface area contributed by atoms with Gasteiger partial charge in [-0.15, -0.1) is 0 Å². The molecule has 0 aliphatic rings. The number of rotatable bonds is 5. The molecule has 1 unspecified atom stereocenters. The van der Waals surface area contributed by atoms with E-state index in [0.717, 1.165) is 17.1 Å². The fraction of sp³-hybridized carbons (Fsp3) is 0.333. The average molecular weight is 285 g/mol. The predicted octanol–water partition coefficient (Wildman–Crippen LogP) is 3.63. The van der Waals surface area contributed by atoms with Crippen LogP contribution in [0.4, 0.5) is 0 Å². The second-order valence-electron chi connectivity index (χ2n) is 5.19. The van der Waals surface area contributed by atoms with Crippen LogP contribution in [0.2, 0.25) is 0 Å². The summed E-state index contributed by atoms with van der Waals surface area (Å²) in [6.45, 7) is 4.20.